The summed E-state index contributed by atoms with van der Waals surface area (Å²) in [5.74, 6) is 1.97. The van der Waals surface area contributed by atoms with Crippen LogP contribution in [0.25, 0.3) is 0 Å². The fraction of sp³-hybridized carbons (Fsp3) is 0.562. The van der Waals surface area contributed by atoms with Gasteiger partial charge in [0.25, 0.3) is 5.91 Å². The van der Waals surface area contributed by atoms with Crippen LogP contribution in [0.2, 0.25) is 0 Å². The summed E-state index contributed by atoms with van der Waals surface area (Å²) in [5, 5.41) is 3.39. The monoisotopic (exact) mass is 290 g/mol. The maximum Gasteiger partial charge on any atom is 0.253 e. The van der Waals surface area contributed by atoms with Gasteiger partial charge in [0.05, 0.1) is 0 Å². The van der Waals surface area contributed by atoms with Gasteiger partial charge in [0, 0.05) is 19.2 Å². The molecule has 5 nitrogen and oxygen atoms in total. The number of amides is 1. The van der Waals surface area contributed by atoms with E-state index in [0.29, 0.717) is 30.4 Å². The first-order valence-electron chi connectivity index (χ1n) is 7.60. The zero-order valence-electron chi connectivity index (χ0n) is 12.4. The second-order valence-electron chi connectivity index (χ2n) is 5.76. The van der Waals surface area contributed by atoms with Crippen molar-refractivity contribution in [2.45, 2.75) is 12.8 Å². The standard InChI is InChI=1S/C16H22N2O3/c1-18(11-12-3-2-6-17-10-12)16(19)13-4-5-14-15(9-13)21-8-7-20-14/h4-5,9,12,17H,2-3,6-8,10-11H2,1H3. The molecule has 1 aromatic rings. The molecule has 5 heteroatoms. The minimum absolute atomic E-state index is 0.0394. The van der Waals surface area contributed by atoms with Crippen LogP contribution >= 0.6 is 0 Å². The molecule has 21 heavy (non-hydrogen) atoms. The topological polar surface area (TPSA) is 50.8 Å². The van der Waals surface area contributed by atoms with Gasteiger partial charge in [-0.2, -0.15) is 0 Å². The number of rotatable bonds is 3. The molecule has 2 aliphatic heterocycles. The van der Waals surface area contributed by atoms with Crippen molar-refractivity contribution in [3.05, 3.63) is 23.8 Å². The van der Waals surface area contributed by atoms with E-state index in [0.717, 1.165) is 25.4 Å². The van der Waals surface area contributed by atoms with Crippen LogP contribution in [0.3, 0.4) is 0 Å². The summed E-state index contributed by atoms with van der Waals surface area (Å²) < 4.78 is 11.0. The van der Waals surface area contributed by atoms with E-state index in [-0.39, 0.29) is 5.91 Å². The lowest BCUT2D eigenvalue weighted by molar-refractivity contribution is 0.0763. The number of carbonyl (C=O) groups is 1. The largest absolute Gasteiger partial charge is 0.486 e. The third-order valence-corrected chi connectivity index (χ3v) is 4.07. The van der Waals surface area contributed by atoms with E-state index in [1.165, 1.54) is 12.8 Å². The number of hydrogen-bond acceptors (Lipinski definition) is 4. The Hall–Kier alpha value is -1.75. The predicted molar refractivity (Wildman–Crippen MR) is 80.0 cm³/mol. The number of benzene rings is 1. The molecule has 0 bridgehead atoms. The molecule has 0 aliphatic carbocycles. The van der Waals surface area contributed by atoms with Crippen molar-refractivity contribution in [2.24, 2.45) is 5.92 Å². The van der Waals surface area contributed by atoms with E-state index in [9.17, 15) is 4.79 Å². The summed E-state index contributed by atoms with van der Waals surface area (Å²) in [6, 6.07) is 5.41. The van der Waals surface area contributed by atoms with Crippen molar-refractivity contribution in [1.82, 2.24) is 10.2 Å². The van der Waals surface area contributed by atoms with Gasteiger partial charge in [-0.3, -0.25) is 4.79 Å². The van der Waals surface area contributed by atoms with Crippen LogP contribution in [-0.2, 0) is 0 Å². The first-order valence-corrected chi connectivity index (χ1v) is 7.60. The first-order chi connectivity index (χ1) is 10.2. The van der Waals surface area contributed by atoms with Crippen molar-refractivity contribution >= 4 is 5.91 Å². The van der Waals surface area contributed by atoms with Crippen molar-refractivity contribution in [1.29, 1.82) is 0 Å². The minimum Gasteiger partial charge on any atom is -0.486 e. The number of nitrogens with zero attached hydrogens (tertiary/aromatic N) is 1. The number of fused-ring (bicyclic) bond motifs is 1. The Morgan fingerprint density at radius 3 is 2.90 bits per heavy atom. The molecular formula is C16H22N2O3. The van der Waals surface area contributed by atoms with Crippen LogP contribution in [-0.4, -0.2) is 50.7 Å². The third kappa shape index (κ3) is 3.29. The Morgan fingerprint density at radius 1 is 1.33 bits per heavy atom. The summed E-state index contributed by atoms with van der Waals surface area (Å²) in [7, 11) is 1.87. The highest BCUT2D eigenvalue weighted by atomic mass is 16.6. The van der Waals surface area contributed by atoms with Crippen LogP contribution in [0.15, 0.2) is 18.2 Å². The summed E-state index contributed by atoms with van der Waals surface area (Å²) >= 11 is 0. The molecule has 1 N–H and O–H groups in total. The molecule has 1 fully saturated rings. The molecule has 2 aliphatic rings. The van der Waals surface area contributed by atoms with E-state index in [2.05, 4.69) is 5.32 Å². The quantitative estimate of drug-likeness (QED) is 0.917. The van der Waals surface area contributed by atoms with E-state index < -0.39 is 0 Å². The highest BCUT2D eigenvalue weighted by Gasteiger charge is 2.21. The predicted octanol–water partition coefficient (Wildman–Crippen LogP) is 1.53. The summed E-state index contributed by atoms with van der Waals surface area (Å²) in [4.78, 5) is 14.3. The van der Waals surface area contributed by atoms with E-state index in [4.69, 9.17) is 9.47 Å². The number of nitrogens with one attached hydrogen (secondary N) is 1. The van der Waals surface area contributed by atoms with Crippen molar-refractivity contribution in [2.75, 3.05) is 39.9 Å². The van der Waals surface area contributed by atoms with Crippen molar-refractivity contribution in [3.8, 4) is 11.5 Å². The zero-order chi connectivity index (χ0) is 14.7. The van der Waals surface area contributed by atoms with Gasteiger partial charge < -0.3 is 19.7 Å². The van der Waals surface area contributed by atoms with Crippen LogP contribution < -0.4 is 14.8 Å². The highest BCUT2D eigenvalue weighted by Crippen LogP contribution is 2.31. The average Bonchev–Trinajstić information content (AvgIpc) is 2.54. The maximum absolute atomic E-state index is 12.5. The highest BCUT2D eigenvalue weighted by molar-refractivity contribution is 5.94. The van der Waals surface area contributed by atoms with Gasteiger partial charge in [-0.05, 0) is 50.0 Å². The molecule has 2 heterocycles. The van der Waals surface area contributed by atoms with Gasteiger partial charge >= 0.3 is 0 Å². The lowest BCUT2D eigenvalue weighted by atomic mass is 9.99. The van der Waals surface area contributed by atoms with Gasteiger partial charge in [0.2, 0.25) is 0 Å². The van der Waals surface area contributed by atoms with Gasteiger partial charge in [-0.15, -0.1) is 0 Å². The summed E-state index contributed by atoms with van der Waals surface area (Å²) in [5.41, 5.74) is 0.658. The zero-order valence-corrected chi connectivity index (χ0v) is 12.4. The molecule has 0 spiro atoms. The van der Waals surface area contributed by atoms with Gasteiger partial charge in [0.1, 0.15) is 13.2 Å². The van der Waals surface area contributed by atoms with Gasteiger partial charge in [-0.1, -0.05) is 0 Å². The van der Waals surface area contributed by atoms with Crippen molar-refractivity contribution in [3.63, 3.8) is 0 Å². The van der Waals surface area contributed by atoms with E-state index in [1.54, 1.807) is 6.07 Å². The van der Waals surface area contributed by atoms with Crippen molar-refractivity contribution < 1.29 is 14.3 Å². The maximum atomic E-state index is 12.5. The molecule has 1 saturated heterocycles. The molecule has 1 aromatic carbocycles. The Bertz CT molecular complexity index is 512. The molecule has 114 valence electrons. The third-order valence-electron chi connectivity index (χ3n) is 4.07. The smallest absolute Gasteiger partial charge is 0.253 e. The lowest BCUT2D eigenvalue weighted by Crippen LogP contribution is -2.39. The SMILES string of the molecule is CN(CC1CCCNC1)C(=O)c1ccc2c(c1)OCCO2. The van der Waals surface area contributed by atoms with E-state index >= 15 is 0 Å². The second-order valence-corrected chi connectivity index (χ2v) is 5.76. The average molecular weight is 290 g/mol. The number of hydrogen-bond donors (Lipinski definition) is 1. The number of carbonyl (C=O) groups excluding carboxylic acids is 1. The Morgan fingerprint density at radius 2 is 2.14 bits per heavy atom. The molecule has 3 rings (SSSR count). The minimum atomic E-state index is 0.0394. The normalized spacial score (nSPS) is 20.9. The fourth-order valence-electron chi connectivity index (χ4n) is 2.95. The summed E-state index contributed by atoms with van der Waals surface area (Å²) in [6.45, 7) is 3.98. The van der Waals surface area contributed by atoms with Crippen LogP contribution in [0.1, 0.15) is 23.2 Å². The van der Waals surface area contributed by atoms with Gasteiger partial charge in [-0.25, -0.2) is 0 Å². The van der Waals surface area contributed by atoms with E-state index in [1.807, 2.05) is 24.1 Å². The fourth-order valence-corrected chi connectivity index (χ4v) is 2.95. The molecule has 0 radical (unpaired) electrons. The molecule has 1 unspecified atom stereocenters. The van der Waals surface area contributed by atoms with Crippen LogP contribution in [0.5, 0.6) is 11.5 Å². The molecule has 0 saturated carbocycles. The number of ether oxygens (including phenoxy) is 2. The molecule has 1 atom stereocenters. The first kappa shape index (κ1) is 14.2. The molecular weight excluding hydrogens is 268 g/mol. The second kappa shape index (κ2) is 6.35. The molecule has 1 amide bonds. The van der Waals surface area contributed by atoms with Crippen LogP contribution in [0.4, 0.5) is 0 Å². The Kier molecular flexibility index (Phi) is 4.29. The summed E-state index contributed by atoms with van der Waals surface area (Å²) in [6.07, 6.45) is 2.38. The van der Waals surface area contributed by atoms with Gasteiger partial charge in [0.15, 0.2) is 11.5 Å². The number of piperidine rings is 1. The Balaban J connectivity index is 1.66. The van der Waals surface area contributed by atoms with Crippen LogP contribution in [0, 0.1) is 5.92 Å². The lowest BCUT2D eigenvalue weighted by Gasteiger charge is -2.28. The molecule has 0 aromatic heterocycles. The Labute approximate surface area is 125 Å².